The topological polar surface area (TPSA) is 0 Å². The lowest BCUT2D eigenvalue weighted by molar-refractivity contribution is 0.964. The first-order valence-corrected chi connectivity index (χ1v) is 5.02. The van der Waals surface area contributed by atoms with Crippen LogP contribution in [0, 0.1) is 0 Å². The van der Waals surface area contributed by atoms with Crippen LogP contribution in [-0.2, 0) is 0 Å². The minimum Gasteiger partial charge on any atom is -0.0879 e. The van der Waals surface area contributed by atoms with Gasteiger partial charge < -0.3 is 0 Å². The van der Waals surface area contributed by atoms with Gasteiger partial charge >= 0.3 is 0 Å². The SMILES string of the molecule is C/C1=C/C/C=C\C=C/C/C=C\CC1. The highest BCUT2D eigenvalue weighted by molar-refractivity contribution is 5.10. The summed E-state index contributed by atoms with van der Waals surface area (Å²) in [5, 5.41) is 0. The molecule has 0 saturated carbocycles. The largest absolute Gasteiger partial charge is 0.0879 e. The summed E-state index contributed by atoms with van der Waals surface area (Å²) in [5.74, 6) is 0. The molecule has 1 rings (SSSR count). The van der Waals surface area contributed by atoms with Crippen molar-refractivity contribution in [3.63, 3.8) is 0 Å². The van der Waals surface area contributed by atoms with Crippen LogP contribution in [0.2, 0.25) is 0 Å². The molecule has 13 heavy (non-hydrogen) atoms. The summed E-state index contributed by atoms with van der Waals surface area (Å²) in [7, 11) is 0. The second kappa shape index (κ2) is 6.47. The molecule has 0 aromatic heterocycles. The normalized spacial score (nSPS) is 30.4. The molecule has 0 nitrogen and oxygen atoms in total. The molecular weight excluding hydrogens is 156 g/mol. The van der Waals surface area contributed by atoms with Crippen LogP contribution in [0.3, 0.4) is 0 Å². The number of rotatable bonds is 0. The van der Waals surface area contributed by atoms with Crippen molar-refractivity contribution in [2.45, 2.75) is 32.6 Å². The van der Waals surface area contributed by atoms with Gasteiger partial charge in [0.2, 0.25) is 0 Å². The monoisotopic (exact) mass is 174 g/mol. The Balaban J connectivity index is 2.52. The van der Waals surface area contributed by atoms with Gasteiger partial charge in [0.15, 0.2) is 0 Å². The molecule has 0 bridgehead atoms. The summed E-state index contributed by atoms with van der Waals surface area (Å²) in [6.07, 6.45) is 20.0. The van der Waals surface area contributed by atoms with Gasteiger partial charge in [-0.2, -0.15) is 0 Å². The average molecular weight is 174 g/mol. The summed E-state index contributed by atoms with van der Waals surface area (Å²) in [5.41, 5.74) is 1.50. The van der Waals surface area contributed by atoms with E-state index in [1.54, 1.807) is 0 Å². The Labute approximate surface area is 81.4 Å². The van der Waals surface area contributed by atoms with Crippen LogP contribution in [0.15, 0.2) is 48.1 Å². The highest BCUT2D eigenvalue weighted by Gasteiger charge is 1.86. The first-order chi connectivity index (χ1) is 6.39. The first kappa shape index (κ1) is 10.0. The lowest BCUT2D eigenvalue weighted by Crippen LogP contribution is -1.76. The smallest absolute Gasteiger partial charge is 0.0163 e. The maximum atomic E-state index is 2.31. The highest BCUT2D eigenvalue weighted by atomic mass is 13.9. The summed E-state index contributed by atoms with van der Waals surface area (Å²) in [6.45, 7) is 2.21. The fraction of sp³-hybridized carbons (Fsp3) is 0.385. The summed E-state index contributed by atoms with van der Waals surface area (Å²) in [6, 6.07) is 0. The van der Waals surface area contributed by atoms with Crippen molar-refractivity contribution in [2.75, 3.05) is 0 Å². The third-order valence-electron chi connectivity index (χ3n) is 2.13. The van der Waals surface area contributed by atoms with Crippen LogP contribution in [-0.4, -0.2) is 0 Å². The molecule has 0 heteroatoms. The van der Waals surface area contributed by atoms with E-state index in [0.29, 0.717) is 0 Å². The van der Waals surface area contributed by atoms with Gasteiger partial charge in [-0.3, -0.25) is 0 Å². The maximum Gasteiger partial charge on any atom is -0.0163 e. The van der Waals surface area contributed by atoms with Crippen LogP contribution >= 0.6 is 0 Å². The quantitative estimate of drug-likeness (QED) is 0.483. The molecule has 0 fully saturated rings. The molecule has 0 aromatic carbocycles. The minimum absolute atomic E-state index is 1.06. The van der Waals surface area contributed by atoms with Crippen LogP contribution < -0.4 is 0 Å². The number of hydrogen-bond acceptors (Lipinski definition) is 0. The second-order valence-corrected chi connectivity index (χ2v) is 3.39. The van der Waals surface area contributed by atoms with Crippen molar-refractivity contribution in [2.24, 2.45) is 0 Å². The van der Waals surface area contributed by atoms with Gasteiger partial charge in [0.25, 0.3) is 0 Å². The Kier molecular flexibility index (Phi) is 5.00. The molecule has 0 spiro atoms. The minimum atomic E-state index is 1.06. The van der Waals surface area contributed by atoms with Crippen molar-refractivity contribution in [3.05, 3.63) is 48.1 Å². The van der Waals surface area contributed by atoms with E-state index in [-0.39, 0.29) is 0 Å². The van der Waals surface area contributed by atoms with Crippen molar-refractivity contribution in [1.29, 1.82) is 0 Å². The summed E-state index contributed by atoms with van der Waals surface area (Å²) in [4.78, 5) is 0. The van der Waals surface area contributed by atoms with E-state index in [4.69, 9.17) is 0 Å². The maximum absolute atomic E-state index is 2.31. The van der Waals surface area contributed by atoms with E-state index in [2.05, 4.69) is 49.5 Å². The molecule has 0 heterocycles. The Hall–Kier alpha value is -1.04. The van der Waals surface area contributed by atoms with Crippen LogP contribution in [0.5, 0.6) is 0 Å². The van der Waals surface area contributed by atoms with E-state index in [1.165, 1.54) is 18.4 Å². The van der Waals surface area contributed by atoms with Gasteiger partial charge in [-0.1, -0.05) is 48.1 Å². The average Bonchev–Trinajstić information content (AvgIpc) is 2.11. The van der Waals surface area contributed by atoms with Crippen molar-refractivity contribution >= 4 is 0 Å². The third-order valence-corrected chi connectivity index (χ3v) is 2.13. The highest BCUT2D eigenvalue weighted by Crippen LogP contribution is 2.07. The van der Waals surface area contributed by atoms with E-state index < -0.39 is 0 Å². The molecule has 1 aliphatic carbocycles. The van der Waals surface area contributed by atoms with Gasteiger partial charge in [-0.25, -0.2) is 0 Å². The van der Waals surface area contributed by atoms with Crippen LogP contribution in [0.4, 0.5) is 0 Å². The Morgan fingerprint density at radius 3 is 2.54 bits per heavy atom. The fourth-order valence-electron chi connectivity index (χ4n) is 1.29. The molecule has 0 aliphatic heterocycles. The third kappa shape index (κ3) is 5.24. The predicted octanol–water partition coefficient (Wildman–Crippen LogP) is 4.18. The Morgan fingerprint density at radius 1 is 0.923 bits per heavy atom. The fourth-order valence-corrected chi connectivity index (χ4v) is 1.29. The number of allylic oxidation sites excluding steroid dienone is 8. The van der Waals surface area contributed by atoms with E-state index in [9.17, 15) is 0 Å². The molecule has 0 saturated heterocycles. The van der Waals surface area contributed by atoms with E-state index >= 15 is 0 Å². The number of hydrogen-bond donors (Lipinski definition) is 0. The second-order valence-electron chi connectivity index (χ2n) is 3.39. The molecule has 70 valence electrons. The predicted molar refractivity (Wildman–Crippen MR) is 59.6 cm³/mol. The zero-order valence-corrected chi connectivity index (χ0v) is 8.37. The molecule has 0 N–H and O–H groups in total. The van der Waals surface area contributed by atoms with Gasteiger partial charge in [0, 0.05) is 0 Å². The molecule has 0 aromatic rings. The molecular formula is C13H18. The van der Waals surface area contributed by atoms with Crippen molar-refractivity contribution < 1.29 is 0 Å². The van der Waals surface area contributed by atoms with Gasteiger partial charge in [0.1, 0.15) is 0 Å². The Bertz CT molecular complexity index is 239. The summed E-state index contributed by atoms with van der Waals surface area (Å²) < 4.78 is 0. The zero-order chi connectivity index (χ0) is 9.36. The first-order valence-electron chi connectivity index (χ1n) is 5.02. The van der Waals surface area contributed by atoms with Crippen molar-refractivity contribution in [3.8, 4) is 0 Å². The zero-order valence-electron chi connectivity index (χ0n) is 8.37. The molecule has 1 aliphatic rings. The van der Waals surface area contributed by atoms with E-state index in [0.717, 1.165) is 12.8 Å². The standard InChI is InChI=1S/C13H18/c1-13-11-9-7-5-3-2-4-6-8-10-12-13/h2-3,5-8,11H,4,9-10,12H2,1H3/b3-2-,7-5-,8-6-,13-11-. The van der Waals surface area contributed by atoms with E-state index in [1.807, 2.05) is 0 Å². The van der Waals surface area contributed by atoms with Gasteiger partial charge in [-0.15, -0.1) is 0 Å². The van der Waals surface area contributed by atoms with Crippen LogP contribution in [0.25, 0.3) is 0 Å². The molecule has 0 amide bonds. The lowest BCUT2D eigenvalue weighted by atomic mass is 10.1. The van der Waals surface area contributed by atoms with Crippen LogP contribution in [0.1, 0.15) is 32.6 Å². The lowest BCUT2D eigenvalue weighted by Gasteiger charge is -1.96. The molecule has 0 atom stereocenters. The Morgan fingerprint density at radius 2 is 1.69 bits per heavy atom. The summed E-state index contributed by atoms with van der Waals surface area (Å²) >= 11 is 0. The van der Waals surface area contributed by atoms with Gasteiger partial charge in [0.05, 0.1) is 0 Å². The molecule has 0 radical (unpaired) electrons. The molecule has 0 unspecified atom stereocenters. The van der Waals surface area contributed by atoms with Crippen molar-refractivity contribution in [1.82, 2.24) is 0 Å². The van der Waals surface area contributed by atoms with Gasteiger partial charge in [-0.05, 0) is 32.6 Å².